The van der Waals surface area contributed by atoms with E-state index in [1.54, 1.807) is 22.3 Å². The second kappa shape index (κ2) is 4.15. The molecule has 0 N–H and O–H groups in total. The lowest BCUT2D eigenvalue weighted by molar-refractivity contribution is 0.445. The number of hydrogen-bond donors (Lipinski definition) is 0. The summed E-state index contributed by atoms with van der Waals surface area (Å²) in [4.78, 5) is 0. The van der Waals surface area contributed by atoms with Crippen LogP contribution in [0.2, 0.25) is 0 Å². The largest absolute Gasteiger partial charge is 0.0622 e. The number of aryl methyl sites for hydroxylation is 1. The molecule has 0 heteroatoms. The van der Waals surface area contributed by atoms with Gasteiger partial charge in [-0.1, -0.05) is 32.9 Å². The molecule has 0 fully saturated rings. The van der Waals surface area contributed by atoms with Crippen molar-refractivity contribution < 1.29 is 0 Å². The minimum Gasteiger partial charge on any atom is -0.0622 e. The van der Waals surface area contributed by atoms with Crippen molar-refractivity contribution in [1.82, 2.24) is 0 Å². The van der Waals surface area contributed by atoms with Gasteiger partial charge in [0.05, 0.1) is 0 Å². The van der Waals surface area contributed by atoms with E-state index in [2.05, 4.69) is 32.9 Å². The summed E-state index contributed by atoms with van der Waals surface area (Å²) in [5.41, 5.74) is 6.63. The third kappa shape index (κ3) is 2.03. The van der Waals surface area contributed by atoms with Gasteiger partial charge in [-0.25, -0.2) is 0 Å². The third-order valence-corrected chi connectivity index (χ3v) is 4.79. The summed E-state index contributed by atoms with van der Waals surface area (Å²) >= 11 is 0. The van der Waals surface area contributed by atoms with E-state index in [1.165, 1.54) is 32.1 Å². The Morgan fingerprint density at radius 1 is 0.882 bits per heavy atom. The minimum atomic E-state index is 0.776. The van der Waals surface area contributed by atoms with Crippen LogP contribution in [0.3, 0.4) is 0 Å². The van der Waals surface area contributed by atoms with Crippen LogP contribution in [0.25, 0.3) is 0 Å². The smallest absolute Gasteiger partial charge is 0.0185 e. The maximum atomic E-state index is 2.55. The van der Waals surface area contributed by atoms with Crippen LogP contribution in [0.1, 0.15) is 61.8 Å². The van der Waals surface area contributed by atoms with Crippen LogP contribution < -0.4 is 0 Å². The van der Waals surface area contributed by atoms with Crippen LogP contribution in [0.4, 0.5) is 0 Å². The predicted molar refractivity (Wildman–Crippen MR) is 73.5 cm³/mol. The molecule has 17 heavy (non-hydrogen) atoms. The van der Waals surface area contributed by atoms with Gasteiger partial charge in [0.15, 0.2) is 0 Å². The first-order valence-corrected chi connectivity index (χ1v) is 7.28. The van der Waals surface area contributed by atoms with Gasteiger partial charge in [-0.05, 0) is 72.1 Å². The molecule has 92 valence electrons. The first kappa shape index (κ1) is 11.3. The topological polar surface area (TPSA) is 0 Å². The molecule has 0 saturated heterocycles. The summed E-state index contributed by atoms with van der Waals surface area (Å²) in [6, 6.07) is 5.10. The molecule has 3 rings (SSSR count). The van der Waals surface area contributed by atoms with Gasteiger partial charge in [0.2, 0.25) is 0 Å². The summed E-state index contributed by atoms with van der Waals surface area (Å²) in [5.74, 6) is 2.54. The normalized spacial score (nSPS) is 31.8. The summed E-state index contributed by atoms with van der Waals surface area (Å²) < 4.78 is 0. The maximum Gasteiger partial charge on any atom is -0.0185 e. The molecule has 0 aromatic heterocycles. The Labute approximate surface area is 105 Å². The number of hydrogen-bond acceptors (Lipinski definition) is 0. The van der Waals surface area contributed by atoms with Crippen molar-refractivity contribution in [3.05, 3.63) is 34.4 Å². The van der Waals surface area contributed by atoms with Crippen molar-refractivity contribution in [2.75, 3.05) is 0 Å². The highest BCUT2D eigenvalue weighted by atomic mass is 14.3. The average Bonchev–Trinajstić information content (AvgIpc) is 2.26. The molecule has 0 radical (unpaired) electrons. The molecule has 0 saturated carbocycles. The van der Waals surface area contributed by atoms with Crippen molar-refractivity contribution in [3.8, 4) is 0 Å². The highest BCUT2D eigenvalue weighted by molar-refractivity contribution is 5.43. The molecular weight excluding hydrogens is 204 g/mol. The number of benzene rings is 1. The monoisotopic (exact) mass is 228 g/mol. The lowest BCUT2D eigenvalue weighted by Gasteiger charge is -2.31. The fourth-order valence-corrected chi connectivity index (χ4v) is 3.89. The zero-order chi connectivity index (χ0) is 12.0. The first-order chi connectivity index (χ1) is 8.13. The van der Waals surface area contributed by atoms with Crippen LogP contribution in [0.15, 0.2) is 12.1 Å². The molecule has 0 amide bonds. The van der Waals surface area contributed by atoms with E-state index in [0.29, 0.717) is 0 Å². The van der Waals surface area contributed by atoms with Gasteiger partial charge >= 0.3 is 0 Å². The lowest BCUT2D eigenvalue weighted by atomic mass is 9.74. The molecule has 2 aliphatic carbocycles. The molecule has 0 aliphatic heterocycles. The van der Waals surface area contributed by atoms with E-state index in [0.717, 1.165) is 17.8 Å². The summed E-state index contributed by atoms with van der Waals surface area (Å²) in [6.07, 6.45) is 6.69. The van der Waals surface area contributed by atoms with Gasteiger partial charge in [0.1, 0.15) is 0 Å². The molecular formula is C17H24. The zero-order valence-electron chi connectivity index (χ0n) is 11.4. The molecule has 0 nitrogen and oxygen atoms in total. The van der Waals surface area contributed by atoms with E-state index >= 15 is 0 Å². The first-order valence-electron chi connectivity index (χ1n) is 7.28. The fraction of sp³-hybridized carbons (Fsp3) is 0.647. The SMILES string of the molecule is CC1CCc2cc3c(cc2C1)CC(C)CC3C. The van der Waals surface area contributed by atoms with E-state index in [1.807, 2.05) is 0 Å². The average molecular weight is 228 g/mol. The molecule has 0 spiro atoms. The molecule has 0 heterocycles. The predicted octanol–water partition coefficient (Wildman–Crippen LogP) is 4.50. The van der Waals surface area contributed by atoms with Crippen LogP contribution in [-0.4, -0.2) is 0 Å². The third-order valence-electron chi connectivity index (χ3n) is 4.79. The quantitative estimate of drug-likeness (QED) is 0.613. The van der Waals surface area contributed by atoms with Crippen LogP contribution in [0, 0.1) is 11.8 Å². The van der Waals surface area contributed by atoms with Gasteiger partial charge in [-0.2, -0.15) is 0 Å². The Morgan fingerprint density at radius 3 is 2.47 bits per heavy atom. The summed E-state index contributed by atoms with van der Waals surface area (Å²) in [6.45, 7) is 7.21. The van der Waals surface area contributed by atoms with Gasteiger partial charge < -0.3 is 0 Å². The molecule has 2 aliphatic rings. The molecule has 1 aromatic carbocycles. The summed E-state index contributed by atoms with van der Waals surface area (Å²) in [7, 11) is 0. The Balaban J connectivity index is 2.03. The van der Waals surface area contributed by atoms with E-state index in [-0.39, 0.29) is 0 Å². The highest BCUT2D eigenvalue weighted by Gasteiger charge is 2.24. The van der Waals surface area contributed by atoms with Gasteiger partial charge in [-0.15, -0.1) is 0 Å². The Kier molecular flexibility index (Phi) is 2.77. The molecule has 3 unspecified atom stereocenters. The Bertz CT molecular complexity index is 430. The second-order valence-electron chi connectivity index (χ2n) is 6.61. The van der Waals surface area contributed by atoms with Crippen LogP contribution >= 0.6 is 0 Å². The Hall–Kier alpha value is -0.780. The van der Waals surface area contributed by atoms with Gasteiger partial charge in [0.25, 0.3) is 0 Å². The lowest BCUT2D eigenvalue weighted by Crippen LogP contribution is -2.18. The van der Waals surface area contributed by atoms with E-state index in [9.17, 15) is 0 Å². The molecule has 1 aromatic rings. The van der Waals surface area contributed by atoms with Crippen molar-refractivity contribution in [2.24, 2.45) is 11.8 Å². The molecule has 3 atom stereocenters. The fourth-order valence-electron chi connectivity index (χ4n) is 3.89. The van der Waals surface area contributed by atoms with Crippen molar-refractivity contribution >= 4 is 0 Å². The van der Waals surface area contributed by atoms with Gasteiger partial charge in [0, 0.05) is 0 Å². The Morgan fingerprint density at radius 2 is 1.65 bits per heavy atom. The standard InChI is InChI=1S/C17H24/c1-11-4-5-14-10-17-13(3)6-12(2)8-16(17)9-15(14)7-11/h9-13H,4-8H2,1-3H3. The van der Waals surface area contributed by atoms with Crippen molar-refractivity contribution in [2.45, 2.75) is 58.8 Å². The van der Waals surface area contributed by atoms with Crippen molar-refractivity contribution in [3.63, 3.8) is 0 Å². The van der Waals surface area contributed by atoms with E-state index in [4.69, 9.17) is 0 Å². The minimum absolute atomic E-state index is 0.776. The number of fused-ring (bicyclic) bond motifs is 2. The van der Waals surface area contributed by atoms with Crippen molar-refractivity contribution in [1.29, 1.82) is 0 Å². The van der Waals surface area contributed by atoms with Crippen LogP contribution in [0.5, 0.6) is 0 Å². The number of rotatable bonds is 0. The second-order valence-corrected chi connectivity index (χ2v) is 6.61. The van der Waals surface area contributed by atoms with Gasteiger partial charge in [-0.3, -0.25) is 0 Å². The zero-order valence-corrected chi connectivity index (χ0v) is 11.4. The maximum absolute atomic E-state index is 2.55. The highest BCUT2D eigenvalue weighted by Crippen LogP contribution is 2.38. The van der Waals surface area contributed by atoms with Crippen LogP contribution in [-0.2, 0) is 19.3 Å². The molecule has 0 bridgehead atoms. The van der Waals surface area contributed by atoms with E-state index < -0.39 is 0 Å². The summed E-state index contributed by atoms with van der Waals surface area (Å²) in [5, 5.41) is 0.